The van der Waals surface area contributed by atoms with Gasteiger partial charge < -0.3 is 5.32 Å². The summed E-state index contributed by atoms with van der Waals surface area (Å²) < 4.78 is 0.736. The first-order valence-electron chi connectivity index (χ1n) is 5.26. The molecule has 0 spiro atoms. The second-order valence-electron chi connectivity index (χ2n) is 3.75. The Morgan fingerprint density at radius 2 is 2.17 bits per heavy atom. The summed E-state index contributed by atoms with van der Waals surface area (Å²) in [6.07, 6.45) is 1.60. The zero-order valence-corrected chi connectivity index (χ0v) is 11.9. The molecule has 1 heterocycles. The molecule has 0 saturated carbocycles. The summed E-state index contributed by atoms with van der Waals surface area (Å²) in [5.74, 6) is -0.234. The Hall–Kier alpha value is -1.39. The molecule has 2 rings (SSSR count). The maximum absolute atomic E-state index is 12.0. The normalized spacial score (nSPS) is 10.2. The van der Waals surface area contributed by atoms with Crippen LogP contribution < -0.4 is 5.32 Å². The second kappa shape index (κ2) is 5.50. The van der Waals surface area contributed by atoms with Crippen LogP contribution in [-0.4, -0.2) is 10.9 Å². The molecule has 92 valence electrons. The van der Waals surface area contributed by atoms with E-state index in [0.29, 0.717) is 16.4 Å². The Bertz CT molecular complexity index is 601. The molecule has 2 aromatic rings. The molecule has 0 aliphatic carbocycles. The molecule has 0 aliphatic heterocycles. The molecule has 0 unspecified atom stereocenters. The molecule has 0 fully saturated rings. The number of aromatic nitrogens is 1. The summed E-state index contributed by atoms with van der Waals surface area (Å²) in [6.45, 7) is 1.85. The summed E-state index contributed by atoms with van der Waals surface area (Å²) in [6, 6.07) is 8.85. The van der Waals surface area contributed by atoms with Gasteiger partial charge in [0.1, 0.15) is 5.69 Å². The fourth-order valence-electron chi connectivity index (χ4n) is 1.49. The van der Waals surface area contributed by atoms with E-state index in [1.54, 1.807) is 30.5 Å². The molecule has 3 nitrogen and oxygen atoms in total. The molecule has 1 amide bonds. The van der Waals surface area contributed by atoms with Crippen LogP contribution in [0.25, 0.3) is 0 Å². The Morgan fingerprint density at radius 3 is 2.83 bits per heavy atom. The number of carbonyl (C=O) groups excluding carboxylic acids is 1. The van der Waals surface area contributed by atoms with Gasteiger partial charge in [-0.3, -0.25) is 9.78 Å². The lowest BCUT2D eigenvalue weighted by Crippen LogP contribution is -2.15. The van der Waals surface area contributed by atoms with Gasteiger partial charge in [0.15, 0.2) is 0 Å². The van der Waals surface area contributed by atoms with Gasteiger partial charge in [-0.1, -0.05) is 17.7 Å². The summed E-state index contributed by atoms with van der Waals surface area (Å²) in [7, 11) is 0. The van der Waals surface area contributed by atoms with Crippen molar-refractivity contribution in [1.29, 1.82) is 0 Å². The molecular weight excluding hydrogens is 316 g/mol. The number of nitrogens with zero attached hydrogens (tertiary/aromatic N) is 1. The van der Waals surface area contributed by atoms with E-state index in [9.17, 15) is 4.79 Å². The van der Waals surface area contributed by atoms with E-state index >= 15 is 0 Å². The minimum atomic E-state index is -0.234. The fraction of sp³-hybridized carbons (Fsp3) is 0.0769. The lowest BCUT2D eigenvalue weighted by atomic mass is 10.2. The Kier molecular flexibility index (Phi) is 3.99. The number of nitrogens with one attached hydrogen (secondary N) is 1. The number of benzene rings is 1. The second-order valence-corrected chi connectivity index (χ2v) is 5.01. The van der Waals surface area contributed by atoms with Gasteiger partial charge in [0.2, 0.25) is 0 Å². The van der Waals surface area contributed by atoms with Gasteiger partial charge in [0.25, 0.3) is 5.91 Å². The maximum Gasteiger partial charge on any atom is 0.274 e. The molecule has 0 saturated heterocycles. The van der Waals surface area contributed by atoms with Crippen LogP contribution in [0, 0.1) is 6.92 Å². The summed E-state index contributed by atoms with van der Waals surface area (Å²) >= 11 is 9.20. The average Bonchev–Trinajstić information content (AvgIpc) is 2.34. The van der Waals surface area contributed by atoms with Gasteiger partial charge in [0, 0.05) is 16.4 Å². The minimum Gasteiger partial charge on any atom is -0.321 e. The smallest absolute Gasteiger partial charge is 0.274 e. The highest BCUT2D eigenvalue weighted by Crippen LogP contribution is 2.25. The molecule has 0 aliphatic rings. The number of aryl methyl sites for hydroxylation is 1. The van der Waals surface area contributed by atoms with Gasteiger partial charge in [0.05, 0.1) is 5.02 Å². The van der Waals surface area contributed by atoms with Crippen molar-refractivity contribution in [2.75, 3.05) is 5.32 Å². The number of pyridine rings is 1. The summed E-state index contributed by atoms with van der Waals surface area (Å²) in [5.41, 5.74) is 1.92. The number of hydrogen-bond acceptors (Lipinski definition) is 2. The van der Waals surface area contributed by atoms with Crippen LogP contribution >= 0.6 is 27.5 Å². The van der Waals surface area contributed by atoms with Gasteiger partial charge in [-0.25, -0.2) is 0 Å². The van der Waals surface area contributed by atoms with E-state index in [1.807, 2.05) is 13.0 Å². The van der Waals surface area contributed by atoms with Crippen LogP contribution in [0.3, 0.4) is 0 Å². The van der Waals surface area contributed by atoms with E-state index in [1.165, 1.54) is 0 Å². The summed E-state index contributed by atoms with van der Waals surface area (Å²) in [5, 5.41) is 3.38. The van der Waals surface area contributed by atoms with Crippen molar-refractivity contribution in [1.82, 2.24) is 4.98 Å². The standard InChI is InChI=1S/C13H10BrClN2O/c1-8-3-2-6-16-12(8)13(18)17-9-4-5-11(15)10(14)7-9/h2-7H,1H3,(H,17,18). The van der Waals surface area contributed by atoms with Crippen molar-refractivity contribution in [3.05, 3.63) is 57.3 Å². The number of halogens is 2. The Balaban J connectivity index is 2.22. The van der Waals surface area contributed by atoms with Gasteiger partial charge in [-0.2, -0.15) is 0 Å². The third kappa shape index (κ3) is 2.89. The number of anilines is 1. The molecule has 5 heteroatoms. The zero-order valence-electron chi connectivity index (χ0n) is 9.58. The van der Waals surface area contributed by atoms with Crippen molar-refractivity contribution >= 4 is 39.1 Å². The van der Waals surface area contributed by atoms with E-state index in [0.717, 1.165) is 10.0 Å². The van der Waals surface area contributed by atoms with E-state index in [-0.39, 0.29) is 5.91 Å². The first-order chi connectivity index (χ1) is 8.58. The molecule has 0 atom stereocenters. The topological polar surface area (TPSA) is 42.0 Å². The predicted octanol–water partition coefficient (Wildman–Crippen LogP) is 4.06. The zero-order chi connectivity index (χ0) is 13.1. The molecule has 18 heavy (non-hydrogen) atoms. The molecule has 0 radical (unpaired) electrons. The monoisotopic (exact) mass is 324 g/mol. The maximum atomic E-state index is 12.0. The number of hydrogen-bond donors (Lipinski definition) is 1. The van der Waals surface area contributed by atoms with Crippen LogP contribution in [0.1, 0.15) is 16.1 Å². The molecule has 0 bridgehead atoms. The van der Waals surface area contributed by atoms with E-state index in [4.69, 9.17) is 11.6 Å². The van der Waals surface area contributed by atoms with Crippen molar-refractivity contribution in [2.24, 2.45) is 0 Å². The van der Waals surface area contributed by atoms with Crippen LogP contribution in [0.15, 0.2) is 41.0 Å². The lowest BCUT2D eigenvalue weighted by molar-refractivity contribution is 0.102. The van der Waals surface area contributed by atoms with Crippen molar-refractivity contribution < 1.29 is 4.79 Å². The van der Waals surface area contributed by atoms with Gasteiger partial charge >= 0.3 is 0 Å². The largest absolute Gasteiger partial charge is 0.321 e. The highest BCUT2D eigenvalue weighted by Gasteiger charge is 2.10. The van der Waals surface area contributed by atoms with Crippen LogP contribution in [0.2, 0.25) is 5.02 Å². The van der Waals surface area contributed by atoms with E-state index in [2.05, 4.69) is 26.2 Å². The third-order valence-corrected chi connectivity index (χ3v) is 3.62. The van der Waals surface area contributed by atoms with E-state index < -0.39 is 0 Å². The van der Waals surface area contributed by atoms with Gasteiger partial charge in [-0.15, -0.1) is 0 Å². The summed E-state index contributed by atoms with van der Waals surface area (Å²) in [4.78, 5) is 16.1. The first-order valence-corrected chi connectivity index (χ1v) is 6.43. The highest BCUT2D eigenvalue weighted by molar-refractivity contribution is 9.10. The van der Waals surface area contributed by atoms with Crippen LogP contribution in [0.4, 0.5) is 5.69 Å². The first kappa shape index (κ1) is 13.1. The molecule has 1 aromatic carbocycles. The number of amides is 1. The van der Waals surface area contributed by atoms with Gasteiger partial charge in [-0.05, 0) is 52.7 Å². The third-order valence-electron chi connectivity index (χ3n) is 2.40. The van der Waals surface area contributed by atoms with Crippen LogP contribution in [-0.2, 0) is 0 Å². The quantitative estimate of drug-likeness (QED) is 0.905. The number of rotatable bonds is 2. The van der Waals surface area contributed by atoms with Crippen molar-refractivity contribution in [3.8, 4) is 0 Å². The van der Waals surface area contributed by atoms with Crippen molar-refractivity contribution in [2.45, 2.75) is 6.92 Å². The number of carbonyl (C=O) groups is 1. The molecule has 1 aromatic heterocycles. The Labute approximate surface area is 118 Å². The molecule has 1 N–H and O–H groups in total. The highest BCUT2D eigenvalue weighted by atomic mass is 79.9. The predicted molar refractivity (Wildman–Crippen MR) is 76.1 cm³/mol. The Morgan fingerprint density at radius 1 is 1.39 bits per heavy atom. The lowest BCUT2D eigenvalue weighted by Gasteiger charge is -2.07. The van der Waals surface area contributed by atoms with Crippen molar-refractivity contribution in [3.63, 3.8) is 0 Å². The average molecular weight is 326 g/mol. The van der Waals surface area contributed by atoms with Crippen LogP contribution in [0.5, 0.6) is 0 Å². The SMILES string of the molecule is Cc1cccnc1C(=O)Nc1ccc(Cl)c(Br)c1. The fourth-order valence-corrected chi connectivity index (χ4v) is 1.98. The molecular formula is C13H10BrClN2O. The minimum absolute atomic E-state index is 0.234.